The predicted molar refractivity (Wildman–Crippen MR) is 60.3 cm³/mol. The highest BCUT2D eigenvalue weighted by molar-refractivity contribution is 5.78. The number of Topliss-reactive ketones (excluding diaryl/α,β-unsaturated/α-hetero) is 1. The van der Waals surface area contributed by atoms with Crippen molar-refractivity contribution in [1.82, 2.24) is 0 Å². The van der Waals surface area contributed by atoms with Gasteiger partial charge in [-0.2, -0.15) is 0 Å². The van der Waals surface area contributed by atoms with Crippen LogP contribution in [0.4, 0.5) is 0 Å². The van der Waals surface area contributed by atoms with Gasteiger partial charge in [-0.25, -0.2) is 0 Å². The Morgan fingerprint density at radius 2 is 1.79 bits per heavy atom. The van der Waals surface area contributed by atoms with E-state index in [-0.39, 0.29) is 0 Å². The van der Waals surface area contributed by atoms with Gasteiger partial charge in [0.2, 0.25) is 0 Å². The molecule has 0 bridgehead atoms. The highest BCUT2D eigenvalue weighted by atomic mass is 16.1. The number of carbonyl (C=O) groups is 1. The third-order valence-electron chi connectivity index (χ3n) is 3.60. The molecule has 0 N–H and O–H groups in total. The Labute approximate surface area is 88.3 Å². The van der Waals surface area contributed by atoms with Crippen molar-refractivity contribution in [3.05, 3.63) is 0 Å². The average molecular weight is 196 g/mol. The zero-order valence-electron chi connectivity index (χ0n) is 9.77. The first kappa shape index (κ1) is 11.7. The van der Waals surface area contributed by atoms with Crippen LogP contribution in [-0.2, 0) is 4.79 Å². The van der Waals surface area contributed by atoms with Crippen molar-refractivity contribution in [1.29, 1.82) is 0 Å². The zero-order chi connectivity index (χ0) is 10.4. The summed E-state index contributed by atoms with van der Waals surface area (Å²) in [6.45, 7) is 4.45. The SMILES string of the molecule is CCCC(=O)CCC1(C)CCCCC1. The molecule has 1 rings (SSSR count). The average Bonchev–Trinajstić information content (AvgIpc) is 2.17. The van der Waals surface area contributed by atoms with E-state index < -0.39 is 0 Å². The third kappa shape index (κ3) is 3.81. The van der Waals surface area contributed by atoms with Crippen molar-refractivity contribution in [2.24, 2.45) is 5.41 Å². The molecule has 1 heteroatoms. The predicted octanol–water partition coefficient (Wildman–Crippen LogP) is 4.11. The van der Waals surface area contributed by atoms with E-state index in [1.165, 1.54) is 32.1 Å². The molecule has 1 saturated carbocycles. The number of carbonyl (C=O) groups excluding carboxylic acids is 1. The molecule has 1 nitrogen and oxygen atoms in total. The van der Waals surface area contributed by atoms with Gasteiger partial charge in [-0.15, -0.1) is 0 Å². The van der Waals surface area contributed by atoms with Crippen molar-refractivity contribution in [3.63, 3.8) is 0 Å². The quantitative estimate of drug-likeness (QED) is 0.647. The molecule has 1 aliphatic rings. The minimum atomic E-state index is 0.472. The van der Waals surface area contributed by atoms with Gasteiger partial charge in [-0.3, -0.25) is 4.79 Å². The maximum Gasteiger partial charge on any atom is 0.132 e. The second-order valence-corrected chi connectivity index (χ2v) is 5.16. The lowest BCUT2D eigenvalue weighted by atomic mass is 9.72. The van der Waals surface area contributed by atoms with Gasteiger partial charge in [0.15, 0.2) is 0 Å². The van der Waals surface area contributed by atoms with Gasteiger partial charge in [-0.05, 0) is 31.1 Å². The molecular formula is C13H24O. The monoisotopic (exact) mass is 196 g/mol. The van der Waals surface area contributed by atoms with Crippen LogP contribution in [0.2, 0.25) is 0 Å². The van der Waals surface area contributed by atoms with Crippen LogP contribution in [0.15, 0.2) is 0 Å². The van der Waals surface area contributed by atoms with Crippen LogP contribution in [0.3, 0.4) is 0 Å². The molecule has 0 aliphatic heterocycles. The first-order valence-corrected chi connectivity index (χ1v) is 6.18. The largest absolute Gasteiger partial charge is 0.300 e. The molecule has 0 radical (unpaired) electrons. The molecule has 0 aromatic rings. The maximum atomic E-state index is 11.4. The van der Waals surface area contributed by atoms with Crippen molar-refractivity contribution in [3.8, 4) is 0 Å². The molecule has 14 heavy (non-hydrogen) atoms. The number of hydrogen-bond donors (Lipinski definition) is 0. The normalized spacial score (nSPS) is 20.7. The van der Waals surface area contributed by atoms with Gasteiger partial charge in [0.25, 0.3) is 0 Å². The molecule has 0 atom stereocenters. The summed E-state index contributed by atoms with van der Waals surface area (Å²) in [6.07, 6.45) is 10.6. The topological polar surface area (TPSA) is 17.1 Å². The van der Waals surface area contributed by atoms with Crippen LogP contribution in [0.5, 0.6) is 0 Å². The molecular weight excluding hydrogens is 172 g/mol. The summed E-state index contributed by atoms with van der Waals surface area (Å²) in [5.41, 5.74) is 0.488. The second kappa shape index (κ2) is 5.53. The van der Waals surface area contributed by atoms with Crippen molar-refractivity contribution >= 4 is 5.78 Å². The van der Waals surface area contributed by atoms with Crippen LogP contribution in [0.25, 0.3) is 0 Å². The molecule has 1 aliphatic carbocycles. The summed E-state index contributed by atoms with van der Waals surface area (Å²) in [5.74, 6) is 0.472. The molecule has 82 valence electrons. The van der Waals surface area contributed by atoms with Crippen LogP contribution in [-0.4, -0.2) is 5.78 Å². The fourth-order valence-corrected chi connectivity index (χ4v) is 2.50. The lowest BCUT2D eigenvalue weighted by molar-refractivity contribution is -0.119. The Morgan fingerprint density at radius 3 is 2.36 bits per heavy atom. The van der Waals surface area contributed by atoms with E-state index in [1.807, 2.05) is 0 Å². The van der Waals surface area contributed by atoms with Crippen molar-refractivity contribution < 1.29 is 4.79 Å². The summed E-state index contributed by atoms with van der Waals surface area (Å²) in [6, 6.07) is 0. The Morgan fingerprint density at radius 1 is 1.14 bits per heavy atom. The zero-order valence-corrected chi connectivity index (χ0v) is 9.77. The second-order valence-electron chi connectivity index (χ2n) is 5.16. The minimum Gasteiger partial charge on any atom is -0.300 e. The summed E-state index contributed by atoms with van der Waals surface area (Å²) >= 11 is 0. The molecule has 0 unspecified atom stereocenters. The van der Waals surface area contributed by atoms with Crippen LogP contribution in [0, 0.1) is 5.41 Å². The van der Waals surface area contributed by atoms with Crippen LogP contribution < -0.4 is 0 Å². The smallest absolute Gasteiger partial charge is 0.132 e. The fraction of sp³-hybridized carbons (Fsp3) is 0.923. The highest BCUT2D eigenvalue weighted by Crippen LogP contribution is 2.39. The Balaban J connectivity index is 2.24. The van der Waals surface area contributed by atoms with E-state index in [2.05, 4.69) is 13.8 Å². The lowest BCUT2D eigenvalue weighted by Crippen LogP contribution is -2.21. The molecule has 0 saturated heterocycles. The van der Waals surface area contributed by atoms with Gasteiger partial charge in [-0.1, -0.05) is 33.1 Å². The molecule has 1 fully saturated rings. The summed E-state index contributed by atoms with van der Waals surface area (Å²) in [5, 5.41) is 0. The number of rotatable bonds is 5. The van der Waals surface area contributed by atoms with Gasteiger partial charge in [0.1, 0.15) is 5.78 Å². The lowest BCUT2D eigenvalue weighted by Gasteiger charge is -2.33. The first-order valence-electron chi connectivity index (χ1n) is 6.18. The van der Waals surface area contributed by atoms with Crippen LogP contribution in [0.1, 0.15) is 71.6 Å². The Kier molecular flexibility index (Phi) is 4.64. The Bertz CT molecular complexity index is 178. The maximum absolute atomic E-state index is 11.4. The number of ketones is 1. The van der Waals surface area contributed by atoms with E-state index in [9.17, 15) is 4.79 Å². The molecule has 0 amide bonds. The van der Waals surface area contributed by atoms with Crippen molar-refractivity contribution in [2.75, 3.05) is 0 Å². The fourth-order valence-electron chi connectivity index (χ4n) is 2.50. The van der Waals surface area contributed by atoms with E-state index in [0.29, 0.717) is 11.2 Å². The summed E-state index contributed by atoms with van der Waals surface area (Å²) in [7, 11) is 0. The standard InChI is InChI=1S/C13H24O/c1-3-7-12(14)8-11-13(2)9-5-4-6-10-13/h3-11H2,1-2H3. The summed E-state index contributed by atoms with van der Waals surface area (Å²) in [4.78, 5) is 11.4. The highest BCUT2D eigenvalue weighted by Gasteiger charge is 2.26. The van der Waals surface area contributed by atoms with E-state index in [4.69, 9.17) is 0 Å². The van der Waals surface area contributed by atoms with Crippen molar-refractivity contribution in [2.45, 2.75) is 71.6 Å². The van der Waals surface area contributed by atoms with Gasteiger partial charge in [0, 0.05) is 12.8 Å². The van der Waals surface area contributed by atoms with Crippen LogP contribution >= 0.6 is 0 Å². The van der Waals surface area contributed by atoms with Gasteiger partial charge in [0.05, 0.1) is 0 Å². The van der Waals surface area contributed by atoms with E-state index >= 15 is 0 Å². The minimum absolute atomic E-state index is 0.472. The molecule has 0 aromatic carbocycles. The number of hydrogen-bond acceptors (Lipinski definition) is 1. The van der Waals surface area contributed by atoms with Gasteiger partial charge >= 0.3 is 0 Å². The van der Waals surface area contributed by atoms with Gasteiger partial charge < -0.3 is 0 Å². The first-order chi connectivity index (χ1) is 6.66. The van der Waals surface area contributed by atoms with E-state index in [0.717, 1.165) is 25.7 Å². The van der Waals surface area contributed by atoms with E-state index in [1.54, 1.807) is 0 Å². The molecule has 0 spiro atoms. The summed E-state index contributed by atoms with van der Waals surface area (Å²) < 4.78 is 0. The molecule has 0 aromatic heterocycles. The Hall–Kier alpha value is -0.330. The molecule has 0 heterocycles. The third-order valence-corrected chi connectivity index (χ3v) is 3.60.